The molecule has 3 rings (SSSR count). The SMILES string of the molecule is CC(C)C[C@H](NC(=O)[C@@H]1CCCN1C(=O)[C@@H]1CCCN1C(=O)[C@H](CCC(N)=O)NC(=O)[C@H](C)NC(=O)[C@@H](N)CO)C(=O)N1CCC[C@H]1C(=O)N[C@@H](CC(=O)O)C(=O)N[C@@H](CCC(N)=O)C(=O)O. The third kappa shape index (κ3) is 15.9. The lowest BCUT2D eigenvalue weighted by atomic mass is 10.0. The molecule has 3 heterocycles. The normalized spacial score (nSPS) is 20.7. The molecule has 67 heavy (non-hydrogen) atoms. The fourth-order valence-electron chi connectivity index (χ4n) is 8.22. The van der Waals surface area contributed by atoms with Crippen LogP contribution in [0.5, 0.6) is 0 Å². The van der Waals surface area contributed by atoms with Crippen LogP contribution >= 0.6 is 0 Å². The van der Waals surface area contributed by atoms with E-state index in [9.17, 15) is 67.7 Å². The minimum atomic E-state index is -1.78. The highest BCUT2D eigenvalue weighted by molar-refractivity contribution is 5.99. The Morgan fingerprint density at radius 3 is 1.55 bits per heavy atom. The van der Waals surface area contributed by atoms with Crippen molar-refractivity contribution in [3.63, 3.8) is 0 Å². The smallest absolute Gasteiger partial charge is 0.326 e. The number of likely N-dealkylation sites (tertiary alicyclic amines) is 3. The van der Waals surface area contributed by atoms with Gasteiger partial charge >= 0.3 is 11.9 Å². The number of carboxylic acid groups (broad SMARTS) is 2. The molecule has 3 aliphatic heterocycles. The van der Waals surface area contributed by atoms with Gasteiger partial charge in [-0.3, -0.25) is 52.7 Å². The Morgan fingerprint density at radius 2 is 1.04 bits per heavy atom. The van der Waals surface area contributed by atoms with Crippen molar-refractivity contribution in [3.05, 3.63) is 0 Å². The van der Waals surface area contributed by atoms with E-state index in [0.29, 0.717) is 19.3 Å². The number of carbonyl (C=O) groups is 12. The number of nitrogens with one attached hydrogen (secondary N) is 5. The summed E-state index contributed by atoms with van der Waals surface area (Å²) >= 11 is 0. The maximum absolute atomic E-state index is 14.3. The van der Waals surface area contributed by atoms with E-state index in [-0.39, 0.29) is 64.1 Å². The van der Waals surface area contributed by atoms with Crippen molar-refractivity contribution in [2.75, 3.05) is 26.2 Å². The second kappa shape index (κ2) is 25.5. The maximum atomic E-state index is 14.3. The van der Waals surface area contributed by atoms with E-state index in [4.69, 9.17) is 22.3 Å². The highest BCUT2D eigenvalue weighted by atomic mass is 16.4. The second-order valence-electron chi connectivity index (χ2n) is 17.4. The Hall–Kier alpha value is -6.44. The summed E-state index contributed by atoms with van der Waals surface area (Å²) in [6.45, 7) is 4.50. The largest absolute Gasteiger partial charge is 0.481 e. The first kappa shape index (κ1) is 54.9. The summed E-state index contributed by atoms with van der Waals surface area (Å²) in [7, 11) is 0. The third-order valence-electron chi connectivity index (χ3n) is 11.7. The Bertz CT molecular complexity index is 1900. The molecule has 14 N–H and O–H groups in total. The molecule has 0 bridgehead atoms. The van der Waals surface area contributed by atoms with E-state index < -0.39 is 151 Å². The number of hydrogen-bond donors (Lipinski definition) is 11. The monoisotopic (exact) mass is 951 g/mol. The molecule has 0 saturated carbocycles. The van der Waals surface area contributed by atoms with E-state index in [2.05, 4.69) is 26.6 Å². The van der Waals surface area contributed by atoms with Crippen molar-refractivity contribution in [2.45, 2.75) is 152 Å². The predicted octanol–water partition coefficient (Wildman–Crippen LogP) is -5.14. The average Bonchev–Trinajstić information content (AvgIpc) is 4.06. The minimum Gasteiger partial charge on any atom is -0.481 e. The van der Waals surface area contributed by atoms with Crippen LogP contribution in [0.15, 0.2) is 0 Å². The first-order valence-corrected chi connectivity index (χ1v) is 22.3. The molecule has 3 saturated heterocycles. The van der Waals surface area contributed by atoms with Crippen LogP contribution in [-0.4, -0.2) is 182 Å². The molecular weight excluding hydrogens is 887 g/mol. The number of nitrogens with two attached hydrogens (primary N) is 3. The molecule has 3 fully saturated rings. The van der Waals surface area contributed by atoms with Crippen LogP contribution in [-0.2, 0) is 57.5 Å². The number of nitrogens with zero attached hydrogens (tertiary/aromatic N) is 3. The van der Waals surface area contributed by atoms with Crippen LogP contribution < -0.4 is 43.8 Å². The zero-order chi connectivity index (χ0) is 50.3. The molecule has 374 valence electrons. The lowest BCUT2D eigenvalue weighted by molar-refractivity contribution is -0.149. The van der Waals surface area contributed by atoms with Gasteiger partial charge in [0, 0.05) is 32.5 Å². The van der Waals surface area contributed by atoms with Gasteiger partial charge in [0.25, 0.3) is 0 Å². The quantitative estimate of drug-likeness (QED) is 0.0408. The number of aliphatic hydroxyl groups excluding tert-OH is 1. The number of carbonyl (C=O) groups excluding carboxylic acids is 10. The fraction of sp³-hybridized carbons (Fsp3) is 0.707. The molecule has 9 atom stereocenters. The van der Waals surface area contributed by atoms with Crippen molar-refractivity contribution in [3.8, 4) is 0 Å². The number of aliphatic hydroxyl groups is 1. The lowest BCUT2D eigenvalue weighted by Crippen LogP contribution is -2.60. The molecule has 0 aliphatic carbocycles. The van der Waals surface area contributed by atoms with Gasteiger partial charge in [-0.15, -0.1) is 0 Å². The summed E-state index contributed by atoms with van der Waals surface area (Å²) in [4.78, 5) is 159. The summed E-state index contributed by atoms with van der Waals surface area (Å²) < 4.78 is 0. The van der Waals surface area contributed by atoms with E-state index >= 15 is 0 Å². The Labute approximate surface area is 386 Å². The second-order valence-corrected chi connectivity index (χ2v) is 17.4. The molecule has 0 aromatic rings. The number of aliphatic carboxylic acids is 2. The van der Waals surface area contributed by atoms with Crippen LogP contribution in [0, 0.1) is 5.92 Å². The molecule has 26 heteroatoms. The number of carboxylic acids is 2. The van der Waals surface area contributed by atoms with Gasteiger partial charge in [-0.05, 0) is 70.6 Å². The van der Waals surface area contributed by atoms with Gasteiger partial charge in [0.05, 0.1) is 13.0 Å². The van der Waals surface area contributed by atoms with E-state index in [1.165, 1.54) is 21.6 Å². The fourth-order valence-corrected chi connectivity index (χ4v) is 8.22. The Balaban J connectivity index is 1.77. The molecule has 0 aromatic carbocycles. The molecular formula is C41H65N11O15. The molecule has 0 spiro atoms. The van der Waals surface area contributed by atoms with Gasteiger partial charge in [-0.2, -0.15) is 0 Å². The van der Waals surface area contributed by atoms with Crippen molar-refractivity contribution in [1.82, 2.24) is 41.3 Å². The summed E-state index contributed by atoms with van der Waals surface area (Å²) in [5, 5.41) is 40.2. The first-order valence-electron chi connectivity index (χ1n) is 22.3. The van der Waals surface area contributed by atoms with Crippen LogP contribution in [0.25, 0.3) is 0 Å². The summed E-state index contributed by atoms with van der Waals surface area (Å²) in [5.41, 5.74) is 16.0. The van der Waals surface area contributed by atoms with Crippen molar-refractivity contribution < 1.29 is 72.9 Å². The molecule has 0 radical (unpaired) electrons. The Morgan fingerprint density at radius 1 is 0.582 bits per heavy atom. The average molecular weight is 952 g/mol. The first-order chi connectivity index (χ1) is 31.5. The van der Waals surface area contributed by atoms with Crippen molar-refractivity contribution >= 4 is 71.0 Å². The zero-order valence-electron chi connectivity index (χ0n) is 37.9. The standard InChI is InChI=1S/C41H65N11O15/c1-20(2)17-26(39(64)50-14-4-7-27(50)36(61)48-25(18-32(56)57)35(60)47-24(41(66)67)11-13-31(44)55)49-37(62)28-8-5-15-51(28)40(65)29-9-6-16-52(29)38(63)23(10-12-30(43)54)46-33(58)21(3)45-34(59)22(42)19-53/h20-29,53H,4-19,42H2,1-3H3,(H2,43,54)(H2,44,55)(H,45,59)(H,46,58)(H,47,60)(H,48,61)(H,49,62)(H,56,57)(H,66,67)/t21-,22-,23-,24-,25-,26-,27-,28-,29-/m0/s1. The van der Waals surface area contributed by atoms with E-state index in [0.717, 1.165) is 0 Å². The molecule has 0 unspecified atom stereocenters. The maximum Gasteiger partial charge on any atom is 0.326 e. The number of amides is 10. The molecule has 26 nitrogen and oxygen atoms in total. The topological polar surface area (TPSA) is 413 Å². The number of rotatable bonds is 25. The van der Waals surface area contributed by atoms with Crippen LogP contribution in [0.4, 0.5) is 0 Å². The van der Waals surface area contributed by atoms with Gasteiger partial charge < -0.3 is 73.8 Å². The Kier molecular flexibility index (Phi) is 20.9. The summed E-state index contributed by atoms with van der Waals surface area (Å²) in [6, 6.07) is -11.8. The van der Waals surface area contributed by atoms with Crippen LogP contribution in [0.1, 0.15) is 97.8 Å². The van der Waals surface area contributed by atoms with E-state index in [1.807, 2.05) is 0 Å². The molecule has 0 aromatic heterocycles. The molecule has 3 aliphatic rings. The molecule has 10 amide bonds. The van der Waals surface area contributed by atoms with Gasteiger partial charge in [-0.1, -0.05) is 13.8 Å². The van der Waals surface area contributed by atoms with Crippen LogP contribution in [0.3, 0.4) is 0 Å². The van der Waals surface area contributed by atoms with Gasteiger partial charge in [-0.25, -0.2) is 4.79 Å². The van der Waals surface area contributed by atoms with E-state index in [1.54, 1.807) is 13.8 Å². The van der Waals surface area contributed by atoms with Crippen LogP contribution in [0.2, 0.25) is 0 Å². The lowest BCUT2D eigenvalue weighted by Gasteiger charge is -2.34. The number of primary amides is 2. The third-order valence-corrected chi connectivity index (χ3v) is 11.7. The van der Waals surface area contributed by atoms with Gasteiger partial charge in [0.1, 0.15) is 54.4 Å². The minimum absolute atomic E-state index is 0.0529. The van der Waals surface area contributed by atoms with Gasteiger partial charge in [0.15, 0.2) is 0 Å². The highest BCUT2D eigenvalue weighted by Crippen LogP contribution is 2.27. The number of hydrogen-bond acceptors (Lipinski definition) is 14. The summed E-state index contributed by atoms with van der Waals surface area (Å²) in [5.74, 6) is -11.1. The van der Waals surface area contributed by atoms with Gasteiger partial charge in [0.2, 0.25) is 59.1 Å². The highest BCUT2D eigenvalue weighted by Gasteiger charge is 2.45. The van der Waals surface area contributed by atoms with Crippen molar-refractivity contribution in [1.29, 1.82) is 0 Å². The summed E-state index contributed by atoms with van der Waals surface area (Å²) in [6.07, 6.45) is -0.619. The zero-order valence-corrected chi connectivity index (χ0v) is 37.9. The predicted molar refractivity (Wildman–Crippen MR) is 231 cm³/mol. The van der Waals surface area contributed by atoms with Crippen molar-refractivity contribution in [2.24, 2.45) is 23.1 Å².